The molecule has 3 rings (SSSR count). The largest absolute Gasteiger partial charge is 0.481 e. The lowest BCUT2D eigenvalue weighted by Crippen LogP contribution is -2.44. The molecule has 0 bridgehead atoms. The van der Waals surface area contributed by atoms with Gasteiger partial charge in [0, 0.05) is 12.7 Å². The molecule has 2 N–H and O–H groups in total. The van der Waals surface area contributed by atoms with Crippen LogP contribution in [0.15, 0.2) is 36.5 Å². The van der Waals surface area contributed by atoms with E-state index in [0.29, 0.717) is 24.1 Å². The minimum absolute atomic E-state index is 0.164. The third-order valence-electron chi connectivity index (χ3n) is 5.02. The summed E-state index contributed by atoms with van der Waals surface area (Å²) < 4.78 is 1.66. The predicted molar refractivity (Wildman–Crippen MR) is 93.8 cm³/mol. The van der Waals surface area contributed by atoms with Crippen molar-refractivity contribution in [1.29, 1.82) is 0 Å². The summed E-state index contributed by atoms with van der Waals surface area (Å²) in [5, 5.41) is 16.8. The van der Waals surface area contributed by atoms with Crippen LogP contribution in [0.1, 0.15) is 48.2 Å². The van der Waals surface area contributed by atoms with Gasteiger partial charge in [-0.15, -0.1) is 0 Å². The summed E-state index contributed by atoms with van der Waals surface area (Å²) in [5.41, 5.74) is 1.13. The minimum Gasteiger partial charge on any atom is -0.481 e. The molecule has 0 aliphatic heterocycles. The van der Waals surface area contributed by atoms with Gasteiger partial charge < -0.3 is 10.4 Å². The average molecular weight is 341 g/mol. The predicted octanol–water partition coefficient (Wildman–Crippen LogP) is 2.95. The van der Waals surface area contributed by atoms with Crippen LogP contribution in [0.5, 0.6) is 0 Å². The summed E-state index contributed by atoms with van der Waals surface area (Å²) in [5.74, 6) is -1.09. The fraction of sp³-hybridized carbons (Fsp3) is 0.421. The Hall–Kier alpha value is -2.63. The van der Waals surface area contributed by atoms with Crippen LogP contribution in [-0.4, -0.2) is 33.3 Å². The Morgan fingerprint density at radius 3 is 2.52 bits per heavy atom. The van der Waals surface area contributed by atoms with Crippen molar-refractivity contribution in [2.24, 2.45) is 5.41 Å². The van der Waals surface area contributed by atoms with Crippen LogP contribution in [0.25, 0.3) is 5.69 Å². The maximum absolute atomic E-state index is 12.6. The quantitative estimate of drug-likeness (QED) is 0.876. The van der Waals surface area contributed by atoms with Gasteiger partial charge in [0.15, 0.2) is 0 Å². The van der Waals surface area contributed by atoms with Crippen LogP contribution in [-0.2, 0) is 4.79 Å². The highest BCUT2D eigenvalue weighted by atomic mass is 16.4. The molecule has 1 heterocycles. The maximum atomic E-state index is 12.6. The van der Waals surface area contributed by atoms with E-state index in [4.69, 9.17) is 0 Å². The Labute approximate surface area is 146 Å². The van der Waals surface area contributed by atoms with E-state index < -0.39 is 11.4 Å². The van der Waals surface area contributed by atoms with E-state index in [9.17, 15) is 14.7 Å². The SMILES string of the molecule is Cc1nn(-c2ccccc2)cc1C(=O)NCC1(C(=O)O)CCCCC1. The number of para-hydroxylation sites is 1. The third-order valence-corrected chi connectivity index (χ3v) is 5.02. The first-order chi connectivity index (χ1) is 12.0. The molecule has 1 fully saturated rings. The number of carbonyl (C=O) groups excluding carboxylic acids is 1. The van der Waals surface area contributed by atoms with Gasteiger partial charge >= 0.3 is 5.97 Å². The third kappa shape index (κ3) is 3.57. The lowest BCUT2D eigenvalue weighted by atomic mass is 9.74. The van der Waals surface area contributed by atoms with E-state index in [1.807, 2.05) is 30.3 Å². The molecule has 0 unspecified atom stereocenters. The number of carbonyl (C=O) groups is 2. The second kappa shape index (κ2) is 7.09. The van der Waals surface area contributed by atoms with Crippen molar-refractivity contribution in [3.8, 4) is 5.69 Å². The monoisotopic (exact) mass is 341 g/mol. The standard InChI is InChI=1S/C19H23N3O3/c1-14-16(12-22(21-14)15-8-4-2-5-9-15)17(23)20-13-19(18(24)25)10-6-3-7-11-19/h2,4-5,8-9,12H,3,6-7,10-11,13H2,1H3,(H,20,23)(H,24,25). The number of carboxylic acids is 1. The summed E-state index contributed by atoms with van der Waals surface area (Å²) in [4.78, 5) is 24.3. The first kappa shape index (κ1) is 17.2. The van der Waals surface area contributed by atoms with Crippen molar-refractivity contribution in [3.05, 3.63) is 47.8 Å². The summed E-state index contributed by atoms with van der Waals surface area (Å²) in [6, 6.07) is 9.56. The molecule has 132 valence electrons. The van der Waals surface area contributed by atoms with Gasteiger partial charge in [0.1, 0.15) is 0 Å². The number of nitrogens with one attached hydrogen (secondary N) is 1. The summed E-state index contributed by atoms with van der Waals surface area (Å²) in [7, 11) is 0. The summed E-state index contributed by atoms with van der Waals surface area (Å²) in [6.07, 6.45) is 5.77. The van der Waals surface area contributed by atoms with Crippen LogP contribution in [0.2, 0.25) is 0 Å². The van der Waals surface area contributed by atoms with Crippen molar-refractivity contribution in [2.45, 2.75) is 39.0 Å². The molecule has 2 aromatic rings. The van der Waals surface area contributed by atoms with Crippen molar-refractivity contribution in [1.82, 2.24) is 15.1 Å². The fourth-order valence-electron chi connectivity index (χ4n) is 3.44. The summed E-state index contributed by atoms with van der Waals surface area (Å²) in [6.45, 7) is 1.94. The molecule has 0 saturated heterocycles. The topological polar surface area (TPSA) is 84.2 Å². The Morgan fingerprint density at radius 2 is 1.88 bits per heavy atom. The second-order valence-electron chi connectivity index (χ2n) is 6.74. The van der Waals surface area contributed by atoms with Gasteiger partial charge in [-0.25, -0.2) is 4.68 Å². The van der Waals surface area contributed by atoms with E-state index in [1.165, 1.54) is 0 Å². The number of aliphatic carboxylic acids is 1. The number of rotatable bonds is 5. The average Bonchev–Trinajstić information content (AvgIpc) is 3.03. The lowest BCUT2D eigenvalue weighted by Gasteiger charge is -2.33. The van der Waals surface area contributed by atoms with E-state index >= 15 is 0 Å². The fourth-order valence-corrected chi connectivity index (χ4v) is 3.44. The molecular weight excluding hydrogens is 318 g/mol. The van der Waals surface area contributed by atoms with Crippen molar-refractivity contribution in [2.75, 3.05) is 6.54 Å². The molecule has 1 aromatic carbocycles. The molecular formula is C19H23N3O3. The maximum Gasteiger partial charge on any atom is 0.311 e. The highest BCUT2D eigenvalue weighted by Crippen LogP contribution is 2.36. The normalized spacial score (nSPS) is 16.4. The van der Waals surface area contributed by atoms with Gasteiger partial charge in [-0.2, -0.15) is 5.10 Å². The smallest absolute Gasteiger partial charge is 0.311 e. The number of benzene rings is 1. The van der Waals surface area contributed by atoms with E-state index in [2.05, 4.69) is 10.4 Å². The van der Waals surface area contributed by atoms with Crippen molar-refractivity contribution in [3.63, 3.8) is 0 Å². The molecule has 1 aliphatic carbocycles. The number of nitrogens with zero attached hydrogens (tertiary/aromatic N) is 2. The van der Waals surface area contributed by atoms with Crippen LogP contribution in [0.3, 0.4) is 0 Å². The van der Waals surface area contributed by atoms with E-state index in [1.54, 1.807) is 17.8 Å². The Bertz CT molecular complexity index is 761. The number of amides is 1. The Morgan fingerprint density at radius 1 is 1.20 bits per heavy atom. The van der Waals surface area contributed by atoms with Gasteiger partial charge in [-0.05, 0) is 31.9 Å². The number of aromatic nitrogens is 2. The minimum atomic E-state index is -0.836. The van der Waals surface area contributed by atoms with Crippen molar-refractivity contribution >= 4 is 11.9 Å². The van der Waals surface area contributed by atoms with Crippen LogP contribution >= 0.6 is 0 Å². The van der Waals surface area contributed by atoms with Gasteiger partial charge in [0.25, 0.3) is 5.91 Å². The molecule has 6 nitrogen and oxygen atoms in total. The molecule has 0 spiro atoms. The highest BCUT2D eigenvalue weighted by Gasteiger charge is 2.39. The zero-order valence-corrected chi connectivity index (χ0v) is 14.4. The Balaban J connectivity index is 1.73. The first-order valence-electron chi connectivity index (χ1n) is 8.65. The molecule has 1 aliphatic rings. The van der Waals surface area contributed by atoms with Crippen LogP contribution < -0.4 is 5.32 Å². The molecule has 25 heavy (non-hydrogen) atoms. The Kier molecular flexibility index (Phi) is 4.88. The van der Waals surface area contributed by atoms with Gasteiger partial charge in [0.2, 0.25) is 0 Å². The van der Waals surface area contributed by atoms with Crippen LogP contribution in [0.4, 0.5) is 0 Å². The number of hydrogen-bond donors (Lipinski definition) is 2. The molecule has 1 saturated carbocycles. The number of hydrogen-bond acceptors (Lipinski definition) is 3. The molecule has 0 radical (unpaired) electrons. The highest BCUT2D eigenvalue weighted by molar-refractivity contribution is 5.95. The molecule has 1 aromatic heterocycles. The zero-order valence-electron chi connectivity index (χ0n) is 14.4. The van der Waals surface area contributed by atoms with E-state index in [0.717, 1.165) is 24.9 Å². The van der Waals surface area contributed by atoms with Crippen LogP contribution in [0, 0.1) is 12.3 Å². The number of carboxylic acid groups (broad SMARTS) is 1. The first-order valence-corrected chi connectivity index (χ1v) is 8.65. The molecule has 0 atom stereocenters. The van der Waals surface area contributed by atoms with E-state index in [-0.39, 0.29) is 12.5 Å². The zero-order chi connectivity index (χ0) is 17.9. The number of aryl methyl sites for hydroxylation is 1. The lowest BCUT2D eigenvalue weighted by molar-refractivity contribution is -0.150. The van der Waals surface area contributed by atoms with Gasteiger partial charge in [-0.3, -0.25) is 9.59 Å². The molecule has 6 heteroatoms. The van der Waals surface area contributed by atoms with Gasteiger partial charge in [-0.1, -0.05) is 37.5 Å². The summed E-state index contributed by atoms with van der Waals surface area (Å²) >= 11 is 0. The second-order valence-corrected chi connectivity index (χ2v) is 6.74. The molecule has 1 amide bonds. The van der Waals surface area contributed by atoms with Gasteiger partial charge in [0.05, 0.1) is 22.4 Å². The van der Waals surface area contributed by atoms with Crippen molar-refractivity contribution < 1.29 is 14.7 Å².